The molecule has 0 radical (unpaired) electrons. The zero-order valence-electron chi connectivity index (χ0n) is 24.6. The summed E-state index contributed by atoms with van der Waals surface area (Å²) in [6.07, 6.45) is 10.1. The topological polar surface area (TPSA) is 172 Å². The van der Waals surface area contributed by atoms with Gasteiger partial charge in [0.05, 0.1) is 30.0 Å². The highest BCUT2D eigenvalue weighted by molar-refractivity contribution is 5.91. The summed E-state index contributed by atoms with van der Waals surface area (Å²) < 4.78 is 29.7. The first kappa shape index (κ1) is 30.2. The molecule has 4 amide bonds. The Kier molecular flexibility index (Phi) is 8.84. The Labute approximate surface area is 261 Å². The Hall–Kier alpha value is -5.80. The predicted octanol–water partition coefficient (Wildman–Crippen LogP) is 4.45. The van der Waals surface area contributed by atoms with Crippen LogP contribution in [0.1, 0.15) is 25.7 Å². The number of likely N-dealkylation sites (tertiary alicyclic amines) is 2. The first-order valence-electron chi connectivity index (χ1n) is 14.7. The monoisotopic (exact) mass is 628 g/mol. The molecule has 5 heterocycles. The van der Waals surface area contributed by atoms with E-state index in [2.05, 4.69) is 40.9 Å². The molecule has 14 nitrogen and oxygen atoms in total. The first-order chi connectivity index (χ1) is 22.3. The number of anilines is 3. The number of halogens is 2. The number of nitrogens with one attached hydrogen (secondary N) is 2. The summed E-state index contributed by atoms with van der Waals surface area (Å²) in [5.41, 5.74) is 7.59. The minimum absolute atomic E-state index is 0.0385. The Bertz CT molecular complexity index is 1870. The molecule has 0 unspecified atom stereocenters. The van der Waals surface area contributed by atoms with Crippen molar-refractivity contribution in [2.24, 2.45) is 0 Å². The van der Waals surface area contributed by atoms with Crippen molar-refractivity contribution >= 4 is 35.2 Å². The highest BCUT2D eigenvalue weighted by Gasteiger charge is 2.20. The maximum absolute atomic E-state index is 14.2. The van der Waals surface area contributed by atoms with E-state index in [4.69, 9.17) is 5.73 Å². The van der Waals surface area contributed by atoms with Gasteiger partial charge in [0, 0.05) is 54.9 Å². The van der Waals surface area contributed by atoms with Gasteiger partial charge >= 0.3 is 12.1 Å². The van der Waals surface area contributed by atoms with E-state index >= 15 is 0 Å². The number of carbonyl (C=O) groups is 2. The van der Waals surface area contributed by atoms with Gasteiger partial charge < -0.3 is 26.2 Å². The number of nitrogens with zero attached hydrogens (tertiary/aromatic N) is 9. The molecule has 0 atom stereocenters. The van der Waals surface area contributed by atoms with Crippen LogP contribution in [0, 0.1) is 11.6 Å². The molecule has 46 heavy (non-hydrogen) atoms. The molecule has 0 bridgehead atoms. The second kappa shape index (κ2) is 13.5. The van der Waals surface area contributed by atoms with E-state index in [0.29, 0.717) is 22.8 Å². The quantitative estimate of drug-likeness (QED) is 0.260. The Morgan fingerprint density at radius 3 is 1.85 bits per heavy atom. The van der Waals surface area contributed by atoms with Gasteiger partial charge in [-0.2, -0.15) is 10.2 Å². The van der Waals surface area contributed by atoms with Crippen molar-refractivity contribution in [1.29, 1.82) is 0 Å². The number of imidazole rings is 1. The second-order valence-electron chi connectivity index (χ2n) is 10.7. The lowest BCUT2D eigenvalue weighted by Gasteiger charge is -2.16. The van der Waals surface area contributed by atoms with Crippen molar-refractivity contribution in [3.63, 3.8) is 0 Å². The summed E-state index contributed by atoms with van der Waals surface area (Å²) in [5, 5.41) is 16.9. The minimum Gasteiger partial charge on any atom is -0.366 e. The summed E-state index contributed by atoms with van der Waals surface area (Å²) >= 11 is 0. The molecule has 2 saturated heterocycles. The van der Waals surface area contributed by atoms with Crippen LogP contribution in [0.5, 0.6) is 0 Å². The summed E-state index contributed by atoms with van der Waals surface area (Å²) in [4.78, 5) is 40.0. The van der Waals surface area contributed by atoms with E-state index in [0.717, 1.165) is 51.9 Å². The number of fused-ring (bicyclic) bond motifs is 1. The number of nitrogen functional groups attached to an aromatic ring is 1. The molecule has 2 aromatic carbocycles. The SMILES string of the molecule is Nc1nncc(-c2cc(NC(=O)N3CCCC3)ccc2F)n1.O=C(Nc1ccc(F)c(-c2cnn3ccnc3n2)c1)N1CCCC1. The third kappa shape index (κ3) is 6.95. The van der Waals surface area contributed by atoms with Gasteiger partial charge in [0.15, 0.2) is 0 Å². The lowest BCUT2D eigenvalue weighted by molar-refractivity contribution is 0.222. The van der Waals surface area contributed by atoms with E-state index < -0.39 is 11.6 Å². The number of urea groups is 2. The molecule has 2 aliphatic heterocycles. The Morgan fingerprint density at radius 1 is 0.761 bits per heavy atom. The Balaban J connectivity index is 0.000000162. The third-order valence-electron chi connectivity index (χ3n) is 7.48. The smallest absolute Gasteiger partial charge is 0.321 e. The predicted molar refractivity (Wildman–Crippen MR) is 165 cm³/mol. The number of aromatic nitrogens is 7. The standard InChI is InChI=1S/C16H15FN6O.C14H15FN6O/c17-13-4-3-11(20-16(24)22-6-1-2-7-22)9-12(13)14-10-19-23-8-5-18-15(23)21-14;15-11-4-3-9(18-14(22)21-5-1-2-6-21)7-10(11)12-8-17-20-13(16)19-12/h3-5,8-10H,1-2,6-7H2,(H,20,24);3-4,7-8H,1-2,5-6H2,(H,18,22)(H2,16,19,20). The van der Waals surface area contributed by atoms with Crippen molar-refractivity contribution in [2.45, 2.75) is 25.7 Å². The van der Waals surface area contributed by atoms with Gasteiger partial charge in [0.2, 0.25) is 5.95 Å². The summed E-state index contributed by atoms with van der Waals surface area (Å²) in [6.45, 7) is 2.99. The fourth-order valence-electron chi connectivity index (χ4n) is 5.13. The fraction of sp³-hybridized carbons (Fsp3) is 0.267. The molecule has 16 heteroatoms. The molecular formula is C30H30F2N12O2. The van der Waals surface area contributed by atoms with Gasteiger partial charge in [-0.1, -0.05) is 0 Å². The molecule has 2 aliphatic rings. The molecule has 0 saturated carbocycles. The lowest BCUT2D eigenvalue weighted by atomic mass is 10.1. The van der Waals surface area contributed by atoms with Crippen LogP contribution in [0.25, 0.3) is 28.3 Å². The molecular weight excluding hydrogens is 598 g/mol. The van der Waals surface area contributed by atoms with Crippen LogP contribution >= 0.6 is 0 Å². The van der Waals surface area contributed by atoms with Crippen LogP contribution < -0.4 is 16.4 Å². The van der Waals surface area contributed by atoms with Gasteiger partial charge in [-0.25, -0.2) is 37.8 Å². The normalized spacial score (nSPS) is 14.2. The van der Waals surface area contributed by atoms with Crippen LogP contribution in [-0.4, -0.2) is 82.8 Å². The molecule has 5 aromatic rings. The fourth-order valence-corrected chi connectivity index (χ4v) is 5.13. The third-order valence-corrected chi connectivity index (χ3v) is 7.48. The van der Waals surface area contributed by atoms with E-state index in [-0.39, 0.29) is 34.8 Å². The van der Waals surface area contributed by atoms with Crippen molar-refractivity contribution < 1.29 is 18.4 Å². The van der Waals surface area contributed by atoms with Crippen molar-refractivity contribution in [2.75, 3.05) is 42.5 Å². The molecule has 2 fully saturated rings. The molecule has 3 aromatic heterocycles. The number of rotatable bonds is 4. The highest BCUT2D eigenvalue weighted by Crippen LogP contribution is 2.26. The van der Waals surface area contributed by atoms with Gasteiger partial charge in [0.1, 0.15) is 11.6 Å². The van der Waals surface area contributed by atoms with Gasteiger partial charge in [-0.15, -0.1) is 5.10 Å². The minimum atomic E-state index is -0.473. The molecule has 4 N–H and O–H groups in total. The van der Waals surface area contributed by atoms with Gasteiger partial charge in [-0.05, 0) is 62.1 Å². The zero-order chi connectivity index (χ0) is 32.0. The maximum Gasteiger partial charge on any atom is 0.321 e. The number of hydrogen-bond donors (Lipinski definition) is 3. The largest absolute Gasteiger partial charge is 0.366 e. The number of benzene rings is 2. The average Bonchev–Trinajstić information content (AvgIpc) is 3.86. The van der Waals surface area contributed by atoms with E-state index in [1.807, 2.05) is 0 Å². The van der Waals surface area contributed by atoms with Crippen LogP contribution in [-0.2, 0) is 0 Å². The maximum atomic E-state index is 14.2. The van der Waals surface area contributed by atoms with Crippen LogP contribution in [0.15, 0.2) is 61.2 Å². The molecule has 236 valence electrons. The van der Waals surface area contributed by atoms with E-state index in [1.54, 1.807) is 28.3 Å². The van der Waals surface area contributed by atoms with Gasteiger partial charge in [-0.3, -0.25) is 0 Å². The van der Waals surface area contributed by atoms with E-state index in [9.17, 15) is 18.4 Å². The van der Waals surface area contributed by atoms with Crippen LogP contribution in [0.2, 0.25) is 0 Å². The summed E-state index contributed by atoms with van der Waals surface area (Å²) in [7, 11) is 0. The van der Waals surface area contributed by atoms with Crippen LogP contribution in [0.4, 0.5) is 35.7 Å². The molecule has 0 aliphatic carbocycles. The van der Waals surface area contributed by atoms with Crippen molar-refractivity contribution in [3.05, 3.63) is 72.8 Å². The van der Waals surface area contributed by atoms with Crippen molar-refractivity contribution in [1.82, 2.24) is 44.6 Å². The zero-order valence-corrected chi connectivity index (χ0v) is 24.6. The average molecular weight is 629 g/mol. The van der Waals surface area contributed by atoms with Gasteiger partial charge in [0.25, 0.3) is 5.78 Å². The second-order valence-corrected chi connectivity index (χ2v) is 10.7. The summed E-state index contributed by atoms with van der Waals surface area (Å²) in [6, 6.07) is 8.34. The molecule has 7 rings (SSSR count). The number of nitrogens with two attached hydrogens (primary N) is 1. The number of carbonyl (C=O) groups excluding carboxylic acids is 2. The van der Waals surface area contributed by atoms with Crippen molar-refractivity contribution in [3.8, 4) is 22.5 Å². The first-order valence-corrected chi connectivity index (χ1v) is 14.7. The number of amides is 4. The Morgan fingerprint density at radius 2 is 1.30 bits per heavy atom. The summed E-state index contributed by atoms with van der Waals surface area (Å²) in [5.74, 6) is -0.555. The highest BCUT2D eigenvalue weighted by atomic mass is 19.1. The molecule has 0 spiro atoms. The van der Waals surface area contributed by atoms with E-state index in [1.165, 1.54) is 47.2 Å². The van der Waals surface area contributed by atoms with Crippen LogP contribution in [0.3, 0.4) is 0 Å². The lowest BCUT2D eigenvalue weighted by Crippen LogP contribution is -2.32. The number of hydrogen-bond acceptors (Lipinski definition) is 9.